The summed E-state index contributed by atoms with van der Waals surface area (Å²) in [5.41, 5.74) is -0.736. The van der Waals surface area contributed by atoms with Crippen molar-refractivity contribution in [3.05, 3.63) is 33.9 Å². The summed E-state index contributed by atoms with van der Waals surface area (Å²) in [6, 6.07) is 3.00. The summed E-state index contributed by atoms with van der Waals surface area (Å²) in [6.45, 7) is 0. The van der Waals surface area contributed by atoms with Crippen molar-refractivity contribution >= 4 is 21.2 Å². The third kappa shape index (κ3) is 3.87. The molecule has 0 aromatic heterocycles. The third-order valence-corrected chi connectivity index (χ3v) is 5.11. The van der Waals surface area contributed by atoms with E-state index in [1.807, 2.05) is 0 Å². The number of nitro benzene ring substituents is 1. The molecule has 0 radical (unpaired) electrons. The fourth-order valence-electron chi connectivity index (χ4n) is 2.23. The molecule has 0 bridgehead atoms. The molecule has 1 aromatic carbocycles. The Hall–Kier alpha value is -1.77. The Balaban J connectivity index is 2.18. The van der Waals surface area contributed by atoms with Crippen LogP contribution in [-0.4, -0.2) is 30.9 Å². The van der Waals surface area contributed by atoms with Crippen LogP contribution in [0.1, 0.15) is 24.8 Å². The van der Waals surface area contributed by atoms with Crippen molar-refractivity contribution in [3.8, 4) is 0 Å². The van der Waals surface area contributed by atoms with Gasteiger partial charge in [0.05, 0.1) is 16.4 Å². The van der Waals surface area contributed by atoms with Crippen LogP contribution in [0.2, 0.25) is 0 Å². The fraction of sp³-hybridized carbons (Fsp3) is 0.500. The van der Waals surface area contributed by atoms with Gasteiger partial charge in [-0.15, -0.1) is 0 Å². The van der Waals surface area contributed by atoms with Gasteiger partial charge in [-0.25, -0.2) is 17.2 Å². The van der Waals surface area contributed by atoms with E-state index < -0.39 is 32.4 Å². The van der Waals surface area contributed by atoms with Gasteiger partial charge in [-0.1, -0.05) is 0 Å². The lowest BCUT2D eigenvalue weighted by atomic mass is 10.1. The molecule has 1 aromatic rings. The molecular formula is C12H14F2N2O4S. The van der Waals surface area contributed by atoms with Crippen LogP contribution in [0.4, 0.5) is 20.2 Å². The number of halogens is 2. The molecule has 1 heterocycles. The van der Waals surface area contributed by atoms with E-state index in [0.29, 0.717) is 12.8 Å². The van der Waals surface area contributed by atoms with Crippen molar-refractivity contribution < 1.29 is 22.1 Å². The Morgan fingerprint density at radius 3 is 2.43 bits per heavy atom. The molecular weight excluding hydrogens is 306 g/mol. The van der Waals surface area contributed by atoms with Crippen molar-refractivity contribution in [2.24, 2.45) is 0 Å². The minimum atomic E-state index is -3.03. The van der Waals surface area contributed by atoms with Crippen LogP contribution in [-0.2, 0) is 9.84 Å². The molecule has 6 nitrogen and oxygen atoms in total. The van der Waals surface area contributed by atoms with Gasteiger partial charge in [0.25, 0.3) is 12.1 Å². The summed E-state index contributed by atoms with van der Waals surface area (Å²) in [4.78, 5) is 9.89. The lowest BCUT2D eigenvalue weighted by Gasteiger charge is -2.25. The first-order chi connectivity index (χ1) is 9.78. The molecule has 1 aliphatic rings. The number of hydrogen-bond donors (Lipinski definition) is 1. The molecule has 1 fully saturated rings. The summed E-state index contributed by atoms with van der Waals surface area (Å²) in [5.74, 6) is 0.0311. The van der Waals surface area contributed by atoms with Crippen LogP contribution in [0, 0.1) is 10.1 Å². The van der Waals surface area contributed by atoms with Crippen LogP contribution >= 0.6 is 0 Å². The maximum atomic E-state index is 13.0. The summed E-state index contributed by atoms with van der Waals surface area (Å²) >= 11 is 0. The predicted octanol–water partition coefficient (Wildman–Crippen LogP) is 2.52. The van der Waals surface area contributed by atoms with Gasteiger partial charge in [-0.05, 0) is 18.9 Å². The summed E-state index contributed by atoms with van der Waals surface area (Å²) in [7, 11) is -3.03. The molecule has 1 N–H and O–H groups in total. The van der Waals surface area contributed by atoms with Gasteiger partial charge in [0, 0.05) is 29.4 Å². The van der Waals surface area contributed by atoms with E-state index in [2.05, 4.69) is 5.32 Å². The first-order valence-electron chi connectivity index (χ1n) is 6.32. The average molecular weight is 320 g/mol. The molecule has 0 spiro atoms. The molecule has 0 saturated carbocycles. The van der Waals surface area contributed by atoms with Gasteiger partial charge in [0.1, 0.15) is 9.84 Å². The Morgan fingerprint density at radius 1 is 1.29 bits per heavy atom. The van der Waals surface area contributed by atoms with Gasteiger partial charge in [-0.3, -0.25) is 10.1 Å². The number of non-ortho nitro benzene ring substituents is 1. The van der Waals surface area contributed by atoms with E-state index in [4.69, 9.17) is 0 Å². The second-order valence-corrected chi connectivity index (χ2v) is 7.20. The zero-order valence-corrected chi connectivity index (χ0v) is 11.8. The maximum absolute atomic E-state index is 13.0. The van der Waals surface area contributed by atoms with E-state index in [0.717, 1.165) is 12.1 Å². The lowest BCUT2D eigenvalue weighted by molar-refractivity contribution is -0.385. The smallest absolute Gasteiger partial charge is 0.270 e. The molecule has 21 heavy (non-hydrogen) atoms. The van der Waals surface area contributed by atoms with Gasteiger partial charge in [0.15, 0.2) is 0 Å². The third-order valence-electron chi connectivity index (χ3n) is 3.40. The van der Waals surface area contributed by atoms with Crippen molar-refractivity contribution in [2.45, 2.75) is 25.3 Å². The Bertz CT molecular complexity index is 635. The minimum absolute atomic E-state index is 0.0155. The Kier molecular flexibility index (Phi) is 4.40. The highest BCUT2D eigenvalue weighted by molar-refractivity contribution is 7.91. The summed E-state index contributed by atoms with van der Waals surface area (Å²) in [6.07, 6.45) is -2.18. The maximum Gasteiger partial charge on any atom is 0.270 e. The van der Waals surface area contributed by atoms with E-state index in [1.165, 1.54) is 6.07 Å². The van der Waals surface area contributed by atoms with E-state index in [-0.39, 0.29) is 23.2 Å². The topological polar surface area (TPSA) is 89.3 Å². The lowest BCUT2D eigenvalue weighted by Crippen LogP contribution is -2.32. The number of alkyl halides is 2. The fourth-order valence-corrected chi connectivity index (χ4v) is 3.72. The normalized spacial score (nSPS) is 18.6. The standard InChI is InChI=1S/C12H14F2N2O4S/c13-12(14)10-7-9(16(17)18)1-2-11(10)15-8-3-5-21(19,20)6-4-8/h1-2,7-8,12,15H,3-6H2. The van der Waals surface area contributed by atoms with Gasteiger partial charge in [0.2, 0.25) is 0 Å². The Morgan fingerprint density at radius 2 is 1.90 bits per heavy atom. The number of nitro groups is 1. The van der Waals surface area contributed by atoms with E-state index in [9.17, 15) is 27.3 Å². The number of nitrogens with one attached hydrogen (secondary N) is 1. The van der Waals surface area contributed by atoms with Gasteiger partial charge < -0.3 is 5.32 Å². The molecule has 0 aliphatic carbocycles. The highest BCUT2D eigenvalue weighted by Crippen LogP contribution is 2.32. The Labute approximate surface area is 120 Å². The van der Waals surface area contributed by atoms with Gasteiger partial charge in [-0.2, -0.15) is 0 Å². The van der Waals surface area contributed by atoms with Crippen LogP contribution in [0.5, 0.6) is 0 Å². The summed E-state index contributed by atoms with van der Waals surface area (Å²) < 4.78 is 48.6. The highest BCUT2D eigenvalue weighted by Gasteiger charge is 2.25. The number of rotatable bonds is 4. The zero-order chi connectivity index (χ0) is 15.6. The second kappa shape index (κ2) is 5.92. The van der Waals surface area contributed by atoms with Crippen LogP contribution in [0.15, 0.2) is 18.2 Å². The number of sulfone groups is 1. The number of benzene rings is 1. The quantitative estimate of drug-likeness (QED) is 0.680. The van der Waals surface area contributed by atoms with Crippen LogP contribution in [0.3, 0.4) is 0 Å². The molecule has 0 unspecified atom stereocenters. The summed E-state index contributed by atoms with van der Waals surface area (Å²) in [5, 5.41) is 13.5. The van der Waals surface area contributed by atoms with Crippen molar-refractivity contribution in [2.75, 3.05) is 16.8 Å². The average Bonchev–Trinajstić information content (AvgIpc) is 2.41. The molecule has 0 atom stereocenters. The van der Waals surface area contributed by atoms with Crippen LogP contribution < -0.4 is 5.32 Å². The molecule has 2 rings (SSSR count). The minimum Gasteiger partial charge on any atom is -0.382 e. The molecule has 9 heteroatoms. The van der Waals surface area contributed by atoms with Crippen molar-refractivity contribution in [3.63, 3.8) is 0 Å². The SMILES string of the molecule is O=[N+]([O-])c1ccc(NC2CCS(=O)(=O)CC2)c(C(F)F)c1. The van der Waals surface area contributed by atoms with E-state index in [1.54, 1.807) is 0 Å². The molecule has 1 saturated heterocycles. The first-order valence-corrected chi connectivity index (χ1v) is 8.14. The molecule has 0 amide bonds. The predicted molar refractivity (Wildman–Crippen MR) is 73.4 cm³/mol. The molecule has 116 valence electrons. The number of nitrogens with zero attached hydrogens (tertiary/aromatic N) is 1. The first kappa shape index (κ1) is 15.6. The highest BCUT2D eigenvalue weighted by atomic mass is 32.2. The number of hydrogen-bond acceptors (Lipinski definition) is 5. The second-order valence-electron chi connectivity index (χ2n) is 4.90. The number of anilines is 1. The van der Waals surface area contributed by atoms with Crippen LogP contribution in [0.25, 0.3) is 0 Å². The monoisotopic (exact) mass is 320 g/mol. The molecule has 1 aliphatic heterocycles. The van der Waals surface area contributed by atoms with E-state index >= 15 is 0 Å². The largest absolute Gasteiger partial charge is 0.382 e. The van der Waals surface area contributed by atoms with Crippen molar-refractivity contribution in [1.82, 2.24) is 0 Å². The van der Waals surface area contributed by atoms with Gasteiger partial charge >= 0.3 is 0 Å². The van der Waals surface area contributed by atoms with Crippen molar-refractivity contribution in [1.29, 1.82) is 0 Å². The zero-order valence-electron chi connectivity index (χ0n) is 11.0.